The van der Waals surface area contributed by atoms with Gasteiger partial charge in [0.25, 0.3) is 0 Å². The molecule has 0 heterocycles. The SMILES string of the molecule is C=C(Cc1ccccc1CN)c1cc(Cl)ccc1C. The van der Waals surface area contributed by atoms with E-state index in [2.05, 4.69) is 25.6 Å². The summed E-state index contributed by atoms with van der Waals surface area (Å²) in [7, 11) is 0. The normalized spacial score (nSPS) is 10.5. The number of hydrogen-bond donors (Lipinski definition) is 1. The highest BCUT2D eigenvalue weighted by atomic mass is 35.5. The molecule has 2 N–H and O–H groups in total. The summed E-state index contributed by atoms with van der Waals surface area (Å²) in [5, 5.41) is 0.744. The summed E-state index contributed by atoms with van der Waals surface area (Å²) in [6.45, 7) is 6.83. The van der Waals surface area contributed by atoms with E-state index < -0.39 is 0 Å². The van der Waals surface area contributed by atoms with Gasteiger partial charge >= 0.3 is 0 Å². The number of halogens is 1. The molecule has 0 aliphatic heterocycles. The molecular formula is C17H18ClN. The van der Waals surface area contributed by atoms with E-state index in [9.17, 15) is 0 Å². The zero-order valence-electron chi connectivity index (χ0n) is 11.1. The van der Waals surface area contributed by atoms with Gasteiger partial charge in [0.1, 0.15) is 0 Å². The number of benzene rings is 2. The summed E-state index contributed by atoms with van der Waals surface area (Å²) in [6.07, 6.45) is 0.800. The zero-order chi connectivity index (χ0) is 13.8. The Labute approximate surface area is 119 Å². The molecule has 19 heavy (non-hydrogen) atoms. The third-order valence-corrected chi connectivity index (χ3v) is 3.56. The van der Waals surface area contributed by atoms with Crippen molar-refractivity contribution in [3.8, 4) is 0 Å². The van der Waals surface area contributed by atoms with Crippen LogP contribution in [0.15, 0.2) is 49.0 Å². The second-order valence-electron chi connectivity index (χ2n) is 4.71. The second kappa shape index (κ2) is 6.05. The predicted octanol–water partition coefficient (Wildman–Crippen LogP) is 4.36. The molecule has 0 radical (unpaired) electrons. The molecule has 2 aromatic rings. The van der Waals surface area contributed by atoms with Crippen molar-refractivity contribution < 1.29 is 0 Å². The molecule has 2 aromatic carbocycles. The van der Waals surface area contributed by atoms with E-state index in [1.807, 2.05) is 30.3 Å². The quantitative estimate of drug-likeness (QED) is 0.878. The lowest BCUT2D eigenvalue weighted by atomic mass is 9.94. The van der Waals surface area contributed by atoms with Crippen LogP contribution in [0.1, 0.15) is 22.3 Å². The van der Waals surface area contributed by atoms with Gasteiger partial charge < -0.3 is 5.73 Å². The van der Waals surface area contributed by atoms with Gasteiger partial charge in [0, 0.05) is 11.6 Å². The Morgan fingerprint density at radius 1 is 1.16 bits per heavy atom. The van der Waals surface area contributed by atoms with Crippen LogP contribution in [0.3, 0.4) is 0 Å². The topological polar surface area (TPSA) is 26.0 Å². The van der Waals surface area contributed by atoms with Crippen LogP contribution < -0.4 is 5.73 Å². The zero-order valence-corrected chi connectivity index (χ0v) is 11.9. The molecule has 0 aliphatic carbocycles. The highest BCUT2D eigenvalue weighted by Gasteiger charge is 2.07. The summed E-state index contributed by atoms with van der Waals surface area (Å²) >= 11 is 6.06. The largest absolute Gasteiger partial charge is 0.326 e. The number of nitrogens with two attached hydrogens (primary N) is 1. The van der Waals surface area contributed by atoms with E-state index in [0.717, 1.165) is 22.6 Å². The highest BCUT2D eigenvalue weighted by Crippen LogP contribution is 2.25. The Morgan fingerprint density at radius 3 is 2.53 bits per heavy atom. The van der Waals surface area contributed by atoms with Crippen LogP contribution in [0, 0.1) is 6.92 Å². The third kappa shape index (κ3) is 3.25. The molecule has 0 aromatic heterocycles. The van der Waals surface area contributed by atoms with Crippen LogP contribution >= 0.6 is 11.6 Å². The fraction of sp³-hybridized carbons (Fsp3) is 0.176. The summed E-state index contributed by atoms with van der Waals surface area (Å²) in [4.78, 5) is 0. The van der Waals surface area contributed by atoms with E-state index in [4.69, 9.17) is 17.3 Å². The van der Waals surface area contributed by atoms with Crippen molar-refractivity contribution in [3.63, 3.8) is 0 Å². The van der Waals surface area contributed by atoms with Crippen LogP contribution in [0.4, 0.5) is 0 Å². The van der Waals surface area contributed by atoms with Crippen molar-refractivity contribution >= 4 is 17.2 Å². The predicted molar refractivity (Wildman–Crippen MR) is 83.3 cm³/mol. The van der Waals surface area contributed by atoms with Crippen molar-refractivity contribution in [1.82, 2.24) is 0 Å². The molecule has 0 bridgehead atoms. The van der Waals surface area contributed by atoms with Crippen LogP contribution in [-0.4, -0.2) is 0 Å². The van der Waals surface area contributed by atoms with Crippen molar-refractivity contribution in [2.24, 2.45) is 5.73 Å². The van der Waals surface area contributed by atoms with Crippen molar-refractivity contribution in [3.05, 3.63) is 76.3 Å². The molecule has 0 amide bonds. The van der Waals surface area contributed by atoms with E-state index in [1.54, 1.807) is 0 Å². The molecule has 0 unspecified atom stereocenters. The molecule has 2 heteroatoms. The molecule has 98 valence electrons. The summed E-state index contributed by atoms with van der Waals surface area (Å²) in [5.74, 6) is 0. The van der Waals surface area contributed by atoms with E-state index in [1.165, 1.54) is 16.7 Å². The molecule has 0 saturated carbocycles. The van der Waals surface area contributed by atoms with Crippen LogP contribution in [0.2, 0.25) is 5.02 Å². The molecular weight excluding hydrogens is 254 g/mol. The van der Waals surface area contributed by atoms with Gasteiger partial charge in [-0.15, -0.1) is 0 Å². The fourth-order valence-electron chi connectivity index (χ4n) is 2.23. The molecule has 0 atom stereocenters. The van der Waals surface area contributed by atoms with Gasteiger partial charge in [-0.3, -0.25) is 0 Å². The first kappa shape index (κ1) is 13.9. The lowest BCUT2D eigenvalue weighted by Gasteiger charge is -2.12. The standard InChI is InChI=1S/C17H18ClN/c1-12-7-8-16(18)10-17(12)13(2)9-14-5-3-4-6-15(14)11-19/h3-8,10H,2,9,11,19H2,1H3. The van der Waals surface area contributed by atoms with Crippen molar-refractivity contribution in [2.45, 2.75) is 19.9 Å². The van der Waals surface area contributed by atoms with Gasteiger partial charge in [0.2, 0.25) is 0 Å². The Morgan fingerprint density at radius 2 is 1.84 bits per heavy atom. The summed E-state index contributed by atoms with van der Waals surface area (Å²) in [5.41, 5.74) is 11.6. The Balaban J connectivity index is 2.28. The minimum atomic E-state index is 0.554. The first-order valence-corrected chi connectivity index (χ1v) is 6.70. The number of rotatable bonds is 4. The third-order valence-electron chi connectivity index (χ3n) is 3.32. The maximum absolute atomic E-state index is 6.06. The maximum Gasteiger partial charge on any atom is 0.0412 e. The van der Waals surface area contributed by atoms with Crippen LogP contribution in [0.25, 0.3) is 5.57 Å². The van der Waals surface area contributed by atoms with E-state index >= 15 is 0 Å². The minimum Gasteiger partial charge on any atom is -0.326 e. The average molecular weight is 272 g/mol. The monoisotopic (exact) mass is 271 g/mol. The summed E-state index contributed by atoms with van der Waals surface area (Å²) in [6, 6.07) is 14.1. The molecule has 0 spiro atoms. The first-order valence-electron chi connectivity index (χ1n) is 6.33. The maximum atomic E-state index is 6.06. The smallest absolute Gasteiger partial charge is 0.0412 e. The van der Waals surface area contributed by atoms with Gasteiger partial charge in [-0.1, -0.05) is 48.5 Å². The van der Waals surface area contributed by atoms with Gasteiger partial charge in [-0.25, -0.2) is 0 Å². The fourth-order valence-corrected chi connectivity index (χ4v) is 2.40. The molecule has 1 nitrogen and oxygen atoms in total. The van der Waals surface area contributed by atoms with Crippen LogP contribution in [0.5, 0.6) is 0 Å². The number of allylic oxidation sites excluding steroid dienone is 1. The Kier molecular flexibility index (Phi) is 4.41. The average Bonchev–Trinajstić information content (AvgIpc) is 2.42. The molecule has 2 rings (SSSR count). The summed E-state index contributed by atoms with van der Waals surface area (Å²) < 4.78 is 0. The molecule has 0 saturated heterocycles. The van der Waals surface area contributed by atoms with Crippen molar-refractivity contribution in [1.29, 1.82) is 0 Å². The van der Waals surface area contributed by atoms with Crippen LogP contribution in [-0.2, 0) is 13.0 Å². The lowest BCUT2D eigenvalue weighted by molar-refractivity contribution is 1.03. The highest BCUT2D eigenvalue weighted by molar-refractivity contribution is 6.30. The Bertz CT molecular complexity index is 602. The Hall–Kier alpha value is -1.57. The molecule has 0 fully saturated rings. The minimum absolute atomic E-state index is 0.554. The number of aryl methyl sites for hydroxylation is 1. The van der Waals surface area contributed by atoms with E-state index in [-0.39, 0.29) is 0 Å². The van der Waals surface area contributed by atoms with Gasteiger partial charge in [0.15, 0.2) is 0 Å². The lowest BCUT2D eigenvalue weighted by Crippen LogP contribution is -2.02. The second-order valence-corrected chi connectivity index (χ2v) is 5.15. The van der Waals surface area contributed by atoms with Gasteiger partial charge in [-0.05, 0) is 53.3 Å². The van der Waals surface area contributed by atoms with Crippen molar-refractivity contribution in [2.75, 3.05) is 0 Å². The number of hydrogen-bond acceptors (Lipinski definition) is 1. The van der Waals surface area contributed by atoms with Gasteiger partial charge in [0.05, 0.1) is 0 Å². The molecule has 0 aliphatic rings. The first-order chi connectivity index (χ1) is 9.11. The van der Waals surface area contributed by atoms with Gasteiger partial charge in [-0.2, -0.15) is 0 Å². The van der Waals surface area contributed by atoms with E-state index in [0.29, 0.717) is 6.54 Å².